The summed E-state index contributed by atoms with van der Waals surface area (Å²) in [5.41, 5.74) is -0.825. The van der Waals surface area contributed by atoms with Gasteiger partial charge >= 0.3 is 0 Å². The molecule has 2 heterocycles. The molecule has 4 heteroatoms. The van der Waals surface area contributed by atoms with Gasteiger partial charge in [0.25, 0.3) is 0 Å². The first-order valence-electron chi connectivity index (χ1n) is 5.65. The van der Waals surface area contributed by atoms with Gasteiger partial charge in [0.05, 0.1) is 0 Å². The Kier molecular flexibility index (Phi) is 3.38. The lowest BCUT2D eigenvalue weighted by atomic mass is 10.0. The van der Waals surface area contributed by atoms with E-state index in [-0.39, 0.29) is 0 Å². The van der Waals surface area contributed by atoms with E-state index in [1.54, 1.807) is 17.5 Å². The molecule has 0 bridgehead atoms. The molecule has 15 heavy (non-hydrogen) atoms. The van der Waals surface area contributed by atoms with Crippen LogP contribution in [-0.2, 0) is 5.72 Å². The van der Waals surface area contributed by atoms with E-state index in [0.29, 0.717) is 6.42 Å². The lowest BCUT2D eigenvalue weighted by molar-refractivity contribution is -0.126. The molecule has 1 saturated heterocycles. The Morgan fingerprint density at radius 3 is 2.73 bits per heavy atom. The van der Waals surface area contributed by atoms with E-state index in [1.165, 1.54) is 19.3 Å². The molecule has 1 N–H and O–H groups in total. The SMILES string of the molecule is CCC(O)(c1nccs1)N1CCCCC1. The first-order chi connectivity index (χ1) is 7.27. The first-order valence-corrected chi connectivity index (χ1v) is 6.52. The lowest BCUT2D eigenvalue weighted by Crippen LogP contribution is -2.48. The van der Waals surface area contributed by atoms with E-state index in [4.69, 9.17) is 0 Å². The van der Waals surface area contributed by atoms with Crippen molar-refractivity contribution in [1.82, 2.24) is 9.88 Å². The van der Waals surface area contributed by atoms with Crippen LogP contribution < -0.4 is 0 Å². The Hall–Kier alpha value is -0.450. The number of aromatic nitrogens is 1. The maximum atomic E-state index is 10.7. The third-order valence-corrected chi connectivity index (χ3v) is 4.06. The molecule has 0 saturated carbocycles. The number of hydrogen-bond donors (Lipinski definition) is 1. The van der Waals surface area contributed by atoms with Crippen LogP contribution in [0, 0.1) is 0 Å². The van der Waals surface area contributed by atoms with Crippen LogP contribution in [-0.4, -0.2) is 28.1 Å². The molecule has 0 amide bonds. The highest BCUT2D eigenvalue weighted by molar-refractivity contribution is 7.09. The third-order valence-electron chi connectivity index (χ3n) is 3.15. The van der Waals surface area contributed by atoms with Crippen molar-refractivity contribution in [1.29, 1.82) is 0 Å². The quantitative estimate of drug-likeness (QED) is 0.858. The zero-order valence-corrected chi connectivity index (χ0v) is 9.96. The summed E-state index contributed by atoms with van der Waals surface area (Å²) in [5.74, 6) is 0. The number of rotatable bonds is 3. The molecule has 3 nitrogen and oxygen atoms in total. The summed E-state index contributed by atoms with van der Waals surface area (Å²) in [7, 11) is 0. The van der Waals surface area contributed by atoms with Crippen LogP contribution in [0.25, 0.3) is 0 Å². The Morgan fingerprint density at radius 1 is 1.47 bits per heavy atom. The number of thiazole rings is 1. The summed E-state index contributed by atoms with van der Waals surface area (Å²) in [6, 6.07) is 0. The number of nitrogens with zero attached hydrogens (tertiary/aromatic N) is 2. The number of aliphatic hydroxyl groups is 1. The molecule has 1 aliphatic rings. The van der Waals surface area contributed by atoms with Crippen molar-refractivity contribution in [3.63, 3.8) is 0 Å². The van der Waals surface area contributed by atoms with E-state index >= 15 is 0 Å². The van der Waals surface area contributed by atoms with Gasteiger partial charge < -0.3 is 5.11 Å². The van der Waals surface area contributed by atoms with Gasteiger partial charge in [-0.15, -0.1) is 11.3 Å². The van der Waals surface area contributed by atoms with Crippen molar-refractivity contribution in [2.75, 3.05) is 13.1 Å². The minimum Gasteiger partial charge on any atom is -0.369 e. The fraction of sp³-hybridized carbons (Fsp3) is 0.727. The molecule has 0 spiro atoms. The number of piperidine rings is 1. The Morgan fingerprint density at radius 2 is 2.20 bits per heavy atom. The summed E-state index contributed by atoms with van der Waals surface area (Å²) < 4.78 is 0. The van der Waals surface area contributed by atoms with Crippen LogP contribution in [0.3, 0.4) is 0 Å². The van der Waals surface area contributed by atoms with Crippen LogP contribution in [0.2, 0.25) is 0 Å². The molecule has 0 aromatic carbocycles. The second-order valence-corrected chi connectivity index (χ2v) is 4.95. The third kappa shape index (κ3) is 2.07. The second-order valence-electron chi connectivity index (χ2n) is 4.06. The first kappa shape index (κ1) is 11.0. The highest BCUT2D eigenvalue weighted by atomic mass is 32.1. The molecule has 1 atom stereocenters. The van der Waals surface area contributed by atoms with Crippen molar-refractivity contribution in [3.05, 3.63) is 16.6 Å². The number of hydrogen-bond acceptors (Lipinski definition) is 4. The van der Waals surface area contributed by atoms with Gasteiger partial charge in [0.2, 0.25) is 0 Å². The topological polar surface area (TPSA) is 36.4 Å². The average Bonchev–Trinajstić information content (AvgIpc) is 2.83. The van der Waals surface area contributed by atoms with E-state index in [1.807, 2.05) is 12.3 Å². The molecule has 1 aliphatic heterocycles. The molecule has 1 aromatic heterocycles. The van der Waals surface area contributed by atoms with Crippen LogP contribution >= 0.6 is 11.3 Å². The van der Waals surface area contributed by atoms with Crippen LogP contribution in [0.1, 0.15) is 37.6 Å². The summed E-state index contributed by atoms with van der Waals surface area (Å²) in [4.78, 5) is 6.44. The van der Waals surface area contributed by atoms with Crippen LogP contribution in [0.5, 0.6) is 0 Å². The minimum atomic E-state index is -0.825. The standard InChI is InChI=1S/C11H18N2OS/c1-2-11(14,10-12-6-9-15-10)13-7-4-3-5-8-13/h6,9,14H,2-5,7-8H2,1H3. The highest BCUT2D eigenvalue weighted by Gasteiger charge is 2.37. The molecule has 84 valence electrons. The van der Waals surface area contributed by atoms with Crippen molar-refractivity contribution in [2.24, 2.45) is 0 Å². The van der Waals surface area contributed by atoms with E-state index in [2.05, 4.69) is 9.88 Å². The van der Waals surface area contributed by atoms with Gasteiger partial charge in [0.15, 0.2) is 5.72 Å². The van der Waals surface area contributed by atoms with Crippen molar-refractivity contribution < 1.29 is 5.11 Å². The summed E-state index contributed by atoms with van der Waals surface area (Å²) in [5, 5.41) is 13.4. The molecular weight excluding hydrogens is 208 g/mol. The fourth-order valence-corrected chi connectivity index (χ4v) is 3.03. The highest BCUT2D eigenvalue weighted by Crippen LogP contribution is 2.32. The van der Waals surface area contributed by atoms with Crippen molar-refractivity contribution >= 4 is 11.3 Å². The molecule has 0 aliphatic carbocycles. The van der Waals surface area contributed by atoms with Gasteiger partial charge in [-0.1, -0.05) is 13.3 Å². The van der Waals surface area contributed by atoms with E-state index in [9.17, 15) is 5.11 Å². The van der Waals surface area contributed by atoms with Crippen LogP contribution in [0.4, 0.5) is 0 Å². The normalized spacial score (nSPS) is 22.5. The molecule has 2 rings (SSSR count). The molecule has 0 radical (unpaired) electrons. The van der Waals surface area contributed by atoms with Gasteiger partial charge in [-0.3, -0.25) is 4.90 Å². The van der Waals surface area contributed by atoms with Gasteiger partial charge in [-0.2, -0.15) is 0 Å². The number of likely N-dealkylation sites (tertiary alicyclic amines) is 1. The maximum absolute atomic E-state index is 10.7. The Balaban J connectivity index is 2.20. The largest absolute Gasteiger partial charge is 0.369 e. The predicted octanol–water partition coefficient (Wildman–Crippen LogP) is 2.18. The molecule has 1 unspecified atom stereocenters. The zero-order valence-electron chi connectivity index (χ0n) is 9.15. The van der Waals surface area contributed by atoms with Crippen LogP contribution in [0.15, 0.2) is 11.6 Å². The van der Waals surface area contributed by atoms with Gasteiger partial charge in [-0.05, 0) is 19.3 Å². The summed E-state index contributed by atoms with van der Waals surface area (Å²) >= 11 is 1.55. The monoisotopic (exact) mass is 226 g/mol. The summed E-state index contributed by atoms with van der Waals surface area (Å²) in [6.07, 6.45) is 6.14. The van der Waals surface area contributed by atoms with Gasteiger partial charge in [-0.25, -0.2) is 4.98 Å². The second kappa shape index (κ2) is 4.60. The van der Waals surface area contributed by atoms with E-state index in [0.717, 1.165) is 18.1 Å². The smallest absolute Gasteiger partial charge is 0.171 e. The Bertz CT molecular complexity index is 296. The average molecular weight is 226 g/mol. The maximum Gasteiger partial charge on any atom is 0.171 e. The minimum absolute atomic E-state index is 0.709. The zero-order chi connectivity index (χ0) is 10.7. The predicted molar refractivity (Wildman–Crippen MR) is 61.7 cm³/mol. The molecule has 1 aromatic rings. The lowest BCUT2D eigenvalue weighted by Gasteiger charge is -2.39. The van der Waals surface area contributed by atoms with Crippen molar-refractivity contribution in [3.8, 4) is 0 Å². The van der Waals surface area contributed by atoms with Crippen molar-refractivity contribution in [2.45, 2.75) is 38.3 Å². The van der Waals surface area contributed by atoms with E-state index < -0.39 is 5.72 Å². The van der Waals surface area contributed by atoms with Gasteiger partial charge in [0.1, 0.15) is 5.01 Å². The molecule has 1 fully saturated rings. The Labute approximate surface area is 94.8 Å². The fourth-order valence-electron chi connectivity index (χ4n) is 2.20. The summed E-state index contributed by atoms with van der Waals surface area (Å²) in [6.45, 7) is 4.00. The molecular formula is C11H18N2OS. The van der Waals surface area contributed by atoms with Gasteiger partial charge in [0, 0.05) is 24.7 Å².